The lowest BCUT2D eigenvalue weighted by Gasteiger charge is -2.32. The van der Waals surface area contributed by atoms with Crippen LogP contribution in [0.25, 0.3) is 0 Å². The maximum absolute atomic E-state index is 12.9. The summed E-state index contributed by atoms with van der Waals surface area (Å²) in [6, 6.07) is 12.2. The predicted octanol–water partition coefficient (Wildman–Crippen LogP) is 5.69. The van der Waals surface area contributed by atoms with E-state index in [2.05, 4.69) is 10.3 Å². The number of hydrogen-bond donors (Lipinski definition) is 1. The van der Waals surface area contributed by atoms with Crippen LogP contribution in [0.1, 0.15) is 39.1 Å². The van der Waals surface area contributed by atoms with Gasteiger partial charge in [-0.1, -0.05) is 17.7 Å². The molecular weight excluding hydrogens is 483 g/mol. The minimum absolute atomic E-state index is 0.0890. The van der Waals surface area contributed by atoms with E-state index in [0.717, 1.165) is 12.1 Å². The van der Waals surface area contributed by atoms with Crippen LogP contribution in [0, 0.1) is 0 Å². The summed E-state index contributed by atoms with van der Waals surface area (Å²) in [5.74, 6) is -0.439. The average Bonchev–Trinajstić information content (AvgIpc) is 2.86. The fourth-order valence-electron chi connectivity index (χ4n) is 3.74. The largest absolute Gasteiger partial charge is 0.489 e. The first kappa shape index (κ1) is 24.5. The van der Waals surface area contributed by atoms with Crippen molar-refractivity contribution in [2.24, 2.45) is 0 Å². The topological polar surface area (TPSA) is 71.5 Å². The Hall–Kier alpha value is -3.59. The van der Waals surface area contributed by atoms with Gasteiger partial charge in [-0.3, -0.25) is 14.6 Å². The number of piperidine rings is 1. The number of carbonyl (C=O) groups excluding carboxylic acids is 2. The molecule has 6 nitrogen and oxygen atoms in total. The highest BCUT2D eigenvalue weighted by atomic mass is 35.5. The summed E-state index contributed by atoms with van der Waals surface area (Å²) in [7, 11) is 0. The molecule has 2 amide bonds. The van der Waals surface area contributed by atoms with Gasteiger partial charge in [0.25, 0.3) is 11.8 Å². The van der Waals surface area contributed by atoms with Gasteiger partial charge in [-0.2, -0.15) is 13.2 Å². The van der Waals surface area contributed by atoms with Crippen LogP contribution >= 0.6 is 11.6 Å². The van der Waals surface area contributed by atoms with Crippen LogP contribution in [0.4, 0.5) is 18.9 Å². The first-order chi connectivity index (χ1) is 16.7. The van der Waals surface area contributed by atoms with Crippen molar-refractivity contribution in [2.75, 3.05) is 18.4 Å². The molecule has 1 N–H and O–H groups in total. The van der Waals surface area contributed by atoms with Crippen LogP contribution in [0.3, 0.4) is 0 Å². The van der Waals surface area contributed by atoms with E-state index in [1.54, 1.807) is 29.3 Å². The zero-order valence-corrected chi connectivity index (χ0v) is 19.1. The van der Waals surface area contributed by atoms with Crippen molar-refractivity contribution in [3.05, 3.63) is 88.7 Å². The number of halogens is 4. The van der Waals surface area contributed by atoms with E-state index in [4.69, 9.17) is 16.3 Å². The number of hydrogen-bond acceptors (Lipinski definition) is 4. The molecule has 1 aliphatic heterocycles. The molecule has 10 heteroatoms. The third kappa shape index (κ3) is 6.10. The molecule has 0 unspecified atom stereocenters. The van der Waals surface area contributed by atoms with Gasteiger partial charge >= 0.3 is 6.18 Å². The molecule has 1 aromatic heterocycles. The molecule has 2 aromatic carbocycles. The third-order valence-electron chi connectivity index (χ3n) is 5.57. The van der Waals surface area contributed by atoms with Crippen molar-refractivity contribution >= 4 is 29.1 Å². The SMILES string of the molecule is O=C(Nc1ccc(Cl)c(OC2CCN(C(=O)c3cccnc3)CC2)c1)c1cccc(C(F)(F)F)c1. The summed E-state index contributed by atoms with van der Waals surface area (Å²) in [6.07, 6.45) is -0.428. The Kier molecular flexibility index (Phi) is 7.25. The molecule has 4 rings (SSSR count). The second kappa shape index (κ2) is 10.4. The number of nitrogens with one attached hydrogen (secondary N) is 1. The molecule has 35 heavy (non-hydrogen) atoms. The molecule has 0 saturated carbocycles. The summed E-state index contributed by atoms with van der Waals surface area (Å²) in [6.45, 7) is 1.00. The highest BCUT2D eigenvalue weighted by Gasteiger charge is 2.31. The Morgan fingerprint density at radius 3 is 2.46 bits per heavy atom. The van der Waals surface area contributed by atoms with Gasteiger partial charge in [-0.05, 0) is 42.5 Å². The first-order valence-electron chi connectivity index (χ1n) is 10.8. The predicted molar refractivity (Wildman–Crippen MR) is 125 cm³/mol. The smallest absolute Gasteiger partial charge is 0.416 e. The van der Waals surface area contributed by atoms with Crippen molar-refractivity contribution in [2.45, 2.75) is 25.1 Å². The summed E-state index contributed by atoms with van der Waals surface area (Å²) in [5.41, 5.74) is -0.170. The number of amides is 2. The van der Waals surface area contributed by atoms with Crippen molar-refractivity contribution in [1.82, 2.24) is 9.88 Å². The molecule has 0 aliphatic carbocycles. The van der Waals surface area contributed by atoms with Gasteiger partial charge in [-0.15, -0.1) is 0 Å². The quantitative estimate of drug-likeness (QED) is 0.485. The van der Waals surface area contributed by atoms with E-state index >= 15 is 0 Å². The van der Waals surface area contributed by atoms with Gasteiger partial charge in [0, 0.05) is 55.6 Å². The van der Waals surface area contributed by atoms with E-state index in [9.17, 15) is 22.8 Å². The van der Waals surface area contributed by atoms with Crippen molar-refractivity contribution in [1.29, 1.82) is 0 Å². The maximum atomic E-state index is 12.9. The average molecular weight is 504 g/mol. The monoisotopic (exact) mass is 503 g/mol. The van der Waals surface area contributed by atoms with Gasteiger partial charge in [0.15, 0.2) is 0 Å². The van der Waals surface area contributed by atoms with Crippen LogP contribution < -0.4 is 10.1 Å². The summed E-state index contributed by atoms with van der Waals surface area (Å²) < 4.78 is 44.9. The Balaban J connectivity index is 1.38. The molecule has 1 fully saturated rings. The van der Waals surface area contributed by atoms with Crippen molar-refractivity contribution in [3.8, 4) is 5.75 Å². The van der Waals surface area contributed by atoms with Crippen LogP contribution in [0.5, 0.6) is 5.75 Å². The number of benzene rings is 2. The van der Waals surface area contributed by atoms with E-state index < -0.39 is 17.6 Å². The number of nitrogens with zero attached hydrogens (tertiary/aromatic N) is 2. The zero-order chi connectivity index (χ0) is 25.0. The standard InChI is InChI=1S/C25H21ClF3N3O3/c26-21-7-6-19(31-23(33)16-3-1-5-18(13-16)25(27,28)29)14-22(21)35-20-8-11-32(12-9-20)24(34)17-4-2-10-30-15-17/h1-7,10,13-15,20H,8-9,11-12H2,(H,31,33). The number of aromatic nitrogens is 1. The third-order valence-corrected chi connectivity index (χ3v) is 5.88. The molecule has 2 heterocycles. The highest BCUT2D eigenvalue weighted by Crippen LogP contribution is 2.32. The molecule has 0 radical (unpaired) electrons. The Bertz CT molecular complexity index is 1210. The summed E-state index contributed by atoms with van der Waals surface area (Å²) >= 11 is 6.26. The fourth-order valence-corrected chi connectivity index (χ4v) is 3.90. The minimum atomic E-state index is -4.55. The van der Waals surface area contributed by atoms with E-state index in [1.165, 1.54) is 30.5 Å². The van der Waals surface area contributed by atoms with Gasteiger partial charge in [-0.25, -0.2) is 0 Å². The summed E-state index contributed by atoms with van der Waals surface area (Å²) in [4.78, 5) is 30.8. The van der Waals surface area contributed by atoms with Crippen LogP contribution in [-0.2, 0) is 6.18 Å². The van der Waals surface area contributed by atoms with Gasteiger partial charge in [0.05, 0.1) is 16.1 Å². The minimum Gasteiger partial charge on any atom is -0.489 e. The molecule has 1 aliphatic rings. The highest BCUT2D eigenvalue weighted by molar-refractivity contribution is 6.32. The molecule has 0 bridgehead atoms. The number of likely N-dealkylation sites (tertiary alicyclic amines) is 1. The lowest BCUT2D eigenvalue weighted by Crippen LogP contribution is -2.41. The normalized spacial score (nSPS) is 14.5. The number of alkyl halides is 3. The molecule has 182 valence electrons. The molecule has 3 aromatic rings. The number of rotatable bonds is 5. The van der Waals surface area contributed by atoms with Crippen molar-refractivity contribution in [3.63, 3.8) is 0 Å². The molecule has 0 atom stereocenters. The van der Waals surface area contributed by atoms with Crippen LogP contribution in [-0.4, -0.2) is 40.9 Å². The number of anilines is 1. The Morgan fingerprint density at radius 2 is 1.77 bits per heavy atom. The van der Waals surface area contributed by atoms with Crippen LogP contribution in [0.15, 0.2) is 67.0 Å². The van der Waals surface area contributed by atoms with E-state index in [1.807, 2.05) is 0 Å². The van der Waals surface area contributed by atoms with Crippen molar-refractivity contribution < 1.29 is 27.5 Å². The van der Waals surface area contributed by atoms with Gasteiger partial charge < -0.3 is 15.0 Å². The second-order valence-corrected chi connectivity index (χ2v) is 8.44. The number of pyridine rings is 1. The lowest BCUT2D eigenvalue weighted by atomic mass is 10.1. The first-order valence-corrected chi connectivity index (χ1v) is 11.2. The second-order valence-electron chi connectivity index (χ2n) is 8.03. The number of ether oxygens (including phenoxy) is 1. The Morgan fingerprint density at radius 1 is 1.03 bits per heavy atom. The lowest BCUT2D eigenvalue weighted by molar-refractivity contribution is -0.137. The fraction of sp³-hybridized carbons (Fsp3) is 0.240. The molecule has 1 saturated heterocycles. The molecule has 0 spiro atoms. The summed E-state index contributed by atoms with van der Waals surface area (Å²) in [5, 5.41) is 2.91. The van der Waals surface area contributed by atoms with Crippen LogP contribution in [0.2, 0.25) is 5.02 Å². The maximum Gasteiger partial charge on any atom is 0.416 e. The Labute approximate surface area is 204 Å². The van der Waals surface area contributed by atoms with Gasteiger partial charge in [0.1, 0.15) is 11.9 Å². The van der Waals surface area contributed by atoms with Gasteiger partial charge in [0.2, 0.25) is 0 Å². The van der Waals surface area contributed by atoms with E-state index in [0.29, 0.717) is 48.0 Å². The number of carbonyl (C=O) groups is 2. The molecular formula is C25H21ClF3N3O3. The zero-order valence-electron chi connectivity index (χ0n) is 18.4. The van der Waals surface area contributed by atoms with E-state index in [-0.39, 0.29) is 17.6 Å².